The Balaban J connectivity index is 0.000000171. The van der Waals surface area contributed by atoms with Crippen LogP contribution in [0.4, 0.5) is 0 Å². The third-order valence-electron chi connectivity index (χ3n) is 9.43. The third kappa shape index (κ3) is 3.72. The van der Waals surface area contributed by atoms with Crippen LogP contribution < -0.4 is 10.1 Å². The lowest BCUT2D eigenvalue weighted by Crippen LogP contribution is -2.75. The molecule has 0 aromatic heterocycles. The van der Waals surface area contributed by atoms with Gasteiger partial charge in [0.25, 0.3) is 0 Å². The molecule has 7 rings (SSSR count). The van der Waals surface area contributed by atoms with Crippen molar-refractivity contribution in [2.45, 2.75) is 80.9 Å². The standard InChI is InChI=1S/C20H25NO3.C10H13NO/c22-14-6-5-13-10-15-20(23)7-1-2-16-19(20,17(13)18(14)24-16)8-9-21(15)11-12-3-4-12;1-11-10(12)8-7-9-5-3-2-4-6-9/h5-6,12,15-16,22-23H,1-4,7-11H2;2-6H,7-8H2,1H3,(H,11,12)/t15-,16+,19-,20-;/m1./s1. The molecule has 2 aromatic carbocycles. The smallest absolute Gasteiger partial charge is 0.220 e. The molecule has 6 heteroatoms. The number of carbonyl (C=O) groups excluding carboxylic acids is 1. The molecular weight excluding hydrogens is 452 g/mol. The van der Waals surface area contributed by atoms with Gasteiger partial charge < -0.3 is 20.3 Å². The molecular formula is C30H38N2O4. The lowest BCUT2D eigenvalue weighted by atomic mass is 9.49. The number of likely N-dealkylation sites (tertiary alicyclic amines) is 1. The molecule has 2 aromatic rings. The molecule has 192 valence electrons. The molecule has 6 nitrogen and oxygen atoms in total. The van der Waals surface area contributed by atoms with Gasteiger partial charge in [-0.15, -0.1) is 0 Å². The van der Waals surface area contributed by atoms with E-state index < -0.39 is 5.60 Å². The van der Waals surface area contributed by atoms with Gasteiger partial charge in [0.2, 0.25) is 5.91 Å². The zero-order chi connectivity index (χ0) is 24.9. The highest BCUT2D eigenvalue weighted by Crippen LogP contribution is 2.65. The van der Waals surface area contributed by atoms with Gasteiger partial charge in [0.15, 0.2) is 11.5 Å². The fraction of sp³-hybridized carbons (Fsp3) is 0.567. The fourth-order valence-electron chi connectivity index (χ4n) is 7.50. The lowest BCUT2D eigenvalue weighted by Gasteiger charge is -2.63. The van der Waals surface area contributed by atoms with Gasteiger partial charge in [0.05, 0.1) is 11.0 Å². The van der Waals surface area contributed by atoms with E-state index >= 15 is 0 Å². The number of piperidine rings is 1. The topological polar surface area (TPSA) is 82.0 Å². The highest BCUT2D eigenvalue weighted by molar-refractivity contribution is 5.75. The minimum absolute atomic E-state index is 0.0316. The number of hydrogen-bond acceptors (Lipinski definition) is 5. The maximum Gasteiger partial charge on any atom is 0.220 e. The monoisotopic (exact) mass is 490 g/mol. The van der Waals surface area contributed by atoms with Crippen molar-refractivity contribution in [2.24, 2.45) is 5.92 Å². The summed E-state index contributed by atoms with van der Waals surface area (Å²) >= 11 is 0. The van der Waals surface area contributed by atoms with Gasteiger partial charge in [-0.2, -0.15) is 0 Å². The molecule has 2 saturated carbocycles. The lowest BCUT2D eigenvalue weighted by molar-refractivity contribution is -0.185. The number of ether oxygens (including phenoxy) is 1. The van der Waals surface area contributed by atoms with Crippen LogP contribution in [0.5, 0.6) is 11.5 Å². The minimum Gasteiger partial charge on any atom is -0.504 e. The third-order valence-corrected chi connectivity index (χ3v) is 9.43. The van der Waals surface area contributed by atoms with Crippen LogP contribution in [-0.2, 0) is 23.1 Å². The normalized spacial score (nSPS) is 31.5. The van der Waals surface area contributed by atoms with Crippen LogP contribution in [0.3, 0.4) is 0 Å². The summed E-state index contributed by atoms with van der Waals surface area (Å²) in [6.07, 6.45) is 8.86. The van der Waals surface area contributed by atoms with Crippen molar-refractivity contribution >= 4 is 5.91 Å². The van der Waals surface area contributed by atoms with Crippen LogP contribution in [0.25, 0.3) is 0 Å². The van der Waals surface area contributed by atoms with Crippen LogP contribution >= 0.6 is 0 Å². The van der Waals surface area contributed by atoms with E-state index in [-0.39, 0.29) is 29.2 Å². The zero-order valence-corrected chi connectivity index (χ0v) is 21.2. The highest BCUT2D eigenvalue weighted by atomic mass is 16.5. The van der Waals surface area contributed by atoms with Gasteiger partial charge in [-0.05, 0) is 81.0 Å². The van der Waals surface area contributed by atoms with Crippen molar-refractivity contribution in [3.8, 4) is 11.5 Å². The summed E-state index contributed by atoms with van der Waals surface area (Å²) in [4.78, 5) is 13.5. The number of carbonyl (C=O) groups is 1. The number of nitrogens with zero attached hydrogens (tertiary/aromatic N) is 1. The van der Waals surface area contributed by atoms with Crippen molar-refractivity contribution in [3.05, 3.63) is 59.2 Å². The van der Waals surface area contributed by atoms with Gasteiger partial charge in [0.1, 0.15) is 6.10 Å². The van der Waals surface area contributed by atoms with Crippen molar-refractivity contribution < 1.29 is 19.7 Å². The number of aliphatic hydroxyl groups is 1. The Morgan fingerprint density at radius 2 is 1.94 bits per heavy atom. The number of nitrogens with one attached hydrogen (secondary N) is 1. The van der Waals surface area contributed by atoms with E-state index in [1.54, 1.807) is 13.1 Å². The first-order valence-electron chi connectivity index (χ1n) is 13.7. The predicted molar refractivity (Wildman–Crippen MR) is 138 cm³/mol. The Morgan fingerprint density at radius 3 is 2.69 bits per heavy atom. The SMILES string of the molecule is CNC(=O)CCc1ccccc1.Oc1ccc2c3c1O[C@H]1CCC[C@@]4(O)[C@@H](C2)N(CC2CC2)CC[C@]314. The van der Waals surface area contributed by atoms with E-state index in [1.807, 2.05) is 30.3 Å². The Bertz CT molecular complexity index is 1130. The number of phenolic OH excluding ortho intramolecular Hbond substituents is 1. The summed E-state index contributed by atoms with van der Waals surface area (Å²) in [5.74, 6) is 1.86. The Labute approximate surface area is 213 Å². The van der Waals surface area contributed by atoms with E-state index in [0.29, 0.717) is 12.2 Å². The zero-order valence-electron chi connectivity index (χ0n) is 21.2. The molecule has 3 fully saturated rings. The molecule has 3 aliphatic carbocycles. The Hall–Kier alpha value is -2.57. The van der Waals surface area contributed by atoms with Crippen LogP contribution in [0.1, 0.15) is 61.6 Å². The second kappa shape index (κ2) is 9.07. The molecule has 5 aliphatic rings. The van der Waals surface area contributed by atoms with E-state index in [1.165, 1.54) is 24.0 Å². The maximum atomic E-state index is 12.0. The molecule has 1 amide bonds. The summed E-state index contributed by atoms with van der Waals surface area (Å²) in [7, 11) is 1.66. The van der Waals surface area contributed by atoms with E-state index in [9.17, 15) is 15.0 Å². The average Bonchev–Trinajstić information content (AvgIpc) is 3.64. The van der Waals surface area contributed by atoms with Gasteiger partial charge >= 0.3 is 0 Å². The first-order chi connectivity index (χ1) is 17.5. The van der Waals surface area contributed by atoms with Crippen molar-refractivity contribution in [1.29, 1.82) is 0 Å². The van der Waals surface area contributed by atoms with Crippen molar-refractivity contribution in [3.63, 3.8) is 0 Å². The van der Waals surface area contributed by atoms with Crippen molar-refractivity contribution in [1.82, 2.24) is 10.2 Å². The number of aromatic hydroxyl groups is 1. The van der Waals surface area contributed by atoms with Gasteiger partial charge in [-0.1, -0.05) is 36.4 Å². The molecule has 0 unspecified atom stereocenters. The van der Waals surface area contributed by atoms with Gasteiger partial charge in [0, 0.05) is 31.6 Å². The first kappa shape index (κ1) is 23.8. The quantitative estimate of drug-likeness (QED) is 0.595. The van der Waals surface area contributed by atoms with Gasteiger partial charge in [-0.3, -0.25) is 9.69 Å². The summed E-state index contributed by atoms with van der Waals surface area (Å²) in [6.45, 7) is 2.20. The number of rotatable bonds is 5. The second-order valence-corrected chi connectivity index (χ2v) is 11.4. The van der Waals surface area contributed by atoms with Crippen LogP contribution in [0, 0.1) is 5.92 Å². The molecule has 2 aliphatic heterocycles. The van der Waals surface area contributed by atoms with Crippen LogP contribution in [0.2, 0.25) is 0 Å². The van der Waals surface area contributed by atoms with E-state index in [0.717, 1.165) is 63.1 Å². The van der Waals surface area contributed by atoms with Crippen LogP contribution in [-0.4, -0.2) is 58.9 Å². The number of aryl methyl sites for hydroxylation is 1. The molecule has 0 radical (unpaired) electrons. The fourth-order valence-corrected chi connectivity index (χ4v) is 7.50. The first-order valence-corrected chi connectivity index (χ1v) is 13.7. The Kier molecular flexibility index (Phi) is 6.00. The largest absolute Gasteiger partial charge is 0.504 e. The highest BCUT2D eigenvalue weighted by Gasteiger charge is 2.71. The molecule has 36 heavy (non-hydrogen) atoms. The number of hydrogen-bond donors (Lipinski definition) is 3. The molecule has 1 saturated heterocycles. The minimum atomic E-state index is -0.699. The van der Waals surface area contributed by atoms with Crippen LogP contribution in [0.15, 0.2) is 42.5 Å². The summed E-state index contributed by atoms with van der Waals surface area (Å²) < 4.78 is 6.27. The summed E-state index contributed by atoms with van der Waals surface area (Å²) in [5.41, 5.74) is 2.66. The number of phenols is 1. The molecule has 4 atom stereocenters. The molecule has 2 heterocycles. The predicted octanol–water partition coefficient (Wildman–Crippen LogP) is 3.71. The molecule has 3 N–H and O–H groups in total. The maximum absolute atomic E-state index is 12.0. The average molecular weight is 491 g/mol. The van der Waals surface area contributed by atoms with E-state index in [4.69, 9.17) is 4.74 Å². The Morgan fingerprint density at radius 1 is 1.14 bits per heavy atom. The summed E-state index contributed by atoms with van der Waals surface area (Å²) in [6, 6.07) is 14.1. The molecule has 1 spiro atoms. The summed E-state index contributed by atoms with van der Waals surface area (Å²) in [5, 5.41) is 25.0. The number of benzene rings is 2. The van der Waals surface area contributed by atoms with Crippen molar-refractivity contribution in [2.75, 3.05) is 20.1 Å². The van der Waals surface area contributed by atoms with E-state index in [2.05, 4.69) is 16.3 Å². The second-order valence-electron chi connectivity index (χ2n) is 11.4. The number of amides is 1. The van der Waals surface area contributed by atoms with Gasteiger partial charge in [-0.25, -0.2) is 0 Å². The molecule has 2 bridgehead atoms.